The van der Waals surface area contributed by atoms with Crippen molar-refractivity contribution in [2.75, 3.05) is 12.4 Å². The quantitative estimate of drug-likeness (QED) is 0.749. The standard InChI is InChI=1S/C18H22ClNO/c1-4-5-17(14-6-8-15(19)9-7-14)20-16-10-11-18(21-3)13(2)12-16/h6-12,17,20H,4-5H2,1-3H3. The molecular formula is C18H22ClNO. The van der Waals surface area contributed by atoms with Crippen LogP contribution in [0.25, 0.3) is 0 Å². The molecule has 0 saturated heterocycles. The summed E-state index contributed by atoms with van der Waals surface area (Å²) in [5.41, 5.74) is 3.50. The van der Waals surface area contributed by atoms with E-state index in [1.54, 1.807) is 7.11 Å². The van der Waals surface area contributed by atoms with Crippen molar-refractivity contribution in [3.05, 3.63) is 58.6 Å². The van der Waals surface area contributed by atoms with Crippen molar-refractivity contribution in [2.45, 2.75) is 32.7 Å². The van der Waals surface area contributed by atoms with Gasteiger partial charge in [-0.1, -0.05) is 37.1 Å². The number of hydrogen-bond acceptors (Lipinski definition) is 2. The van der Waals surface area contributed by atoms with Gasteiger partial charge in [-0.2, -0.15) is 0 Å². The lowest BCUT2D eigenvalue weighted by molar-refractivity contribution is 0.412. The number of benzene rings is 2. The fraction of sp³-hybridized carbons (Fsp3) is 0.333. The Hall–Kier alpha value is -1.67. The zero-order chi connectivity index (χ0) is 15.2. The van der Waals surface area contributed by atoms with Crippen molar-refractivity contribution in [3.63, 3.8) is 0 Å². The summed E-state index contributed by atoms with van der Waals surface area (Å²) in [6, 6.07) is 14.5. The highest BCUT2D eigenvalue weighted by atomic mass is 35.5. The average Bonchev–Trinajstić information content (AvgIpc) is 2.48. The molecule has 1 atom stereocenters. The van der Waals surface area contributed by atoms with Gasteiger partial charge in [-0.3, -0.25) is 0 Å². The van der Waals surface area contributed by atoms with Crippen molar-refractivity contribution >= 4 is 17.3 Å². The van der Waals surface area contributed by atoms with Crippen molar-refractivity contribution in [2.24, 2.45) is 0 Å². The normalized spacial score (nSPS) is 12.0. The Balaban J connectivity index is 2.19. The molecule has 0 spiro atoms. The van der Waals surface area contributed by atoms with Crippen LogP contribution < -0.4 is 10.1 Å². The molecule has 1 N–H and O–H groups in total. The minimum atomic E-state index is 0.292. The van der Waals surface area contributed by atoms with Gasteiger partial charge in [0.15, 0.2) is 0 Å². The number of rotatable bonds is 6. The van der Waals surface area contributed by atoms with Crippen LogP contribution in [0.4, 0.5) is 5.69 Å². The lowest BCUT2D eigenvalue weighted by Crippen LogP contribution is -2.10. The zero-order valence-corrected chi connectivity index (χ0v) is 13.6. The SMILES string of the molecule is CCCC(Nc1ccc(OC)c(C)c1)c1ccc(Cl)cc1. The van der Waals surface area contributed by atoms with Crippen molar-refractivity contribution in [3.8, 4) is 5.75 Å². The van der Waals surface area contributed by atoms with E-state index in [9.17, 15) is 0 Å². The van der Waals surface area contributed by atoms with Crippen molar-refractivity contribution in [1.82, 2.24) is 0 Å². The first-order chi connectivity index (χ1) is 10.1. The molecule has 0 bridgehead atoms. The van der Waals surface area contributed by atoms with Gasteiger partial charge in [0, 0.05) is 10.7 Å². The van der Waals surface area contributed by atoms with Crippen LogP contribution >= 0.6 is 11.6 Å². The Bertz CT molecular complexity index is 580. The number of nitrogens with one attached hydrogen (secondary N) is 1. The molecular weight excluding hydrogens is 282 g/mol. The second-order valence-electron chi connectivity index (χ2n) is 5.22. The first-order valence-corrected chi connectivity index (χ1v) is 7.68. The Kier molecular flexibility index (Phi) is 5.51. The van der Waals surface area contributed by atoms with Gasteiger partial charge in [-0.15, -0.1) is 0 Å². The third-order valence-corrected chi connectivity index (χ3v) is 3.84. The van der Waals surface area contributed by atoms with Crippen LogP contribution in [0, 0.1) is 6.92 Å². The molecule has 0 aliphatic heterocycles. The van der Waals surface area contributed by atoms with Gasteiger partial charge in [0.05, 0.1) is 13.2 Å². The topological polar surface area (TPSA) is 21.3 Å². The Morgan fingerprint density at radius 1 is 1.14 bits per heavy atom. The number of methoxy groups -OCH3 is 1. The van der Waals surface area contributed by atoms with Gasteiger partial charge in [0.1, 0.15) is 5.75 Å². The predicted molar refractivity (Wildman–Crippen MR) is 90.5 cm³/mol. The predicted octanol–water partition coefficient (Wildman–Crippen LogP) is 5.61. The first kappa shape index (κ1) is 15.7. The fourth-order valence-electron chi connectivity index (χ4n) is 2.48. The van der Waals surface area contributed by atoms with E-state index in [1.165, 1.54) is 5.56 Å². The second kappa shape index (κ2) is 7.37. The van der Waals surface area contributed by atoms with Crippen molar-refractivity contribution < 1.29 is 4.74 Å². The third-order valence-electron chi connectivity index (χ3n) is 3.59. The van der Waals surface area contributed by atoms with Gasteiger partial charge in [-0.25, -0.2) is 0 Å². The van der Waals surface area contributed by atoms with E-state index in [2.05, 4.69) is 43.4 Å². The molecule has 0 amide bonds. The lowest BCUT2D eigenvalue weighted by Gasteiger charge is -2.21. The Labute approximate surface area is 132 Å². The second-order valence-corrected chi connectivity index (χ2v) is 5.66. The van der Waals surface area contributed by atoms with Crippen LogP contribution in [-0.4, -0.2) is 7.11 Å². The number of anilines is 1. The monoisotopic (exact) mass is 303 g/mol. The highest BCUT2D eigenvalue weighted by molar-refractivity contribution is 6.30. The highest BCUT2D eigenvalue weighted by Crippen LogP contribution is 2.28. The molecule has 2 aromatic carbocycles. The minimum absolute atomic E-state index is 0.292. The summed E-state index contributed by atoms with van der Waals surface area (Å²) in [4.78, 5) is 0. The maximum absolute atomic E-state index is 5.97. The molecule has 3 heteroatoms. The zero-order valence-electron chi connectivity index (χ0n) is 12.8. The maximum Gasteiger partial charge on any atom is 0.121 e. The van der Waals surface area contributed by atoms with E-state index < -0.39 is 0 Å². The number of aryl methyl sites for hydroxylation is 1. The minimum Gasteiger partial charge on any atom is -0.496 e. The molecule has 0 aliphatic rings. The van der Waals surface area contributed by atoms with Gasteiger partial charge < -0.3 is 10.1 Å². The average molecular weight is 304 g/mol. The number of hydrogen-bond donors (Lipinski definition) is 1. The van der Waals surface area contributed by atoms with Crippen LogP contribution in [0.3, 0.4) is 0 Å². The summed E-state index contributed by atoms with van der Waals surface area (Å²) in [7, 11) is 1.70. The molecule has 0 heterocycles. The molecule has 112 valence electrons. The van der Waals surface area contributed by atoms with Gasteiger partial charge in [-0.05, 0) is 54.8 Å². The van der Waals surface area contributed by atoms with Crippen molar-refractivity contribution in [1.29, 1.82) is 0 Å². The molecule has 2 nitrogen and oxygen atoms in total. The summed E-state index contributed by atoms with van der Waals surface area (Å²) in [6.07, 6.45) is 2.20. The lowest BCUT2D eigenvalue weighted by atomic mass is 10.0. The molecule has 0 radical (unpaired) electrons. The molecule has 2 rings (SSSR count). The van der Waals surface area contributed by atoms with E-state index >= 15 is 0 Å². The molecule has 2 aromatic rings. The fourth-order valence-corrected chi connectivity index (χ4v) is 2.60. The van der Waals surface area contributed by atoms with E-state index in [1.807, 2.05) is 18.2 Å². The summed E-state index contributed by atoms with van der Waals surface area (Å²) < 4.78 is 5.31. The number of ether oxygens (including phenoxy) is 1. The van der Waals surface area contributed by atoms with Gasteiger partial charge >= 0.3 is 0 Å². The third kappa shape index (κ3) is 4.15. The van der Waals surface area contributed by atoms with Gasteiger partial charge in [0.25, 0.3) is 0 Å². The first-order valence-electron chi connectivity index (χ1n) is 7.30. The number of halogens is 1. The summed E-state index contributed by atoms with van der Waals surface area (Å²) in [5, 5.41) is 4.38. The summed E-state index contributed by atoms with van der Waals surface area (Å²) >= 11 is 5.97. The van der Waals surface area contributed by atoms with Crippen LogP contribution in [-0.2, 0) is 0 Å². The van der Waals surface area contributed by atoms with Crippen LogP contribution in [0.5, 0.6) is 5.75 Å². The molecule has 1 unspecified atom stereocenters. The van der Waals surface area contributed by atoms with Gasteiger partial charge in [0.2, 0.25) is 0 Å². The molecule has 21 heavy (non-hydrogen) atoms. The van der Waals surface area contributed by atoms with E-state index in [4.69, 9.17) is 16.3 Å². The van der Waals surface area contributed by atoms with Crippen LogP contribution in [0.2, 0.25) is 5.02 Å². The largest absolute Gasteiger partial charge is 0.496 e. The van der Waals surface area contributed by atoms with E-state index in [0.29, 0.717) is 6.04 Å². The van der Waals surface area contributed by atoms with Crippen LogP contribution in [0.1, 0.15) is 36.9 Å². The highest BCUT2D eigenvalue weighted by Gasteiger charge is 2.11. The summed E-state index contributed by atoms with van der Waals surface area (Å²) in [6.45, 7) is 4.25. The van der Waals surface area contributed by atoms with E-state index in [-0.39, 0.29) is 0 Å². The Morgan fingerprint density at radius 2 is 1.86 bits per heavy atom. The molecule has 0 saturated carbocycles. The molecule has 0 aliphatic carbocycles. The Morgan fingerprint density at radius 3 is 2.43 bits per heavy atom. The van der Waals surface area contributed by atoms with E-state index in [0.717, 1.165) is 34.9 Å². The van der Waals surface area contributed by atoms with Crippen LogP contribution in [0.15, 0.2) is 42.5 Å². The maximum atomic E-state index is 5.97. The molecule has 0 fully saturated rings. The molecule has 0 aromatic heterocycles. The summed E-state index contributed by atoms with van der Waals surface area (Å²) in [5.74, 6) is 0.916. The smallest absolute Gasteiger partial charge is 0.121 e.